The molecule has 0 aromatic heterocycles. The SMILES string of the molecule is C=NC1C=CN=CC1NC.Cc1ccccc1F. The molecule has 0 saturated carbocycles. The van der Waals surface area contributed by atoms with Gasteiger partial charge in [0.25, 0.3) is 0 Å². The zero-order chi connectivity index (χ0) is 13.4. The van der Waals surface area contributed by atoms with Gasteiger partial charge in [-0.3, -0.25) is 9.98 Å². The molecule has 0 spiro atoms. The topological polar surface area (TPSA) is 36.8 Å². The number of halogens is 1. The van der Waals surface area contributed by atoms with Crippen LogP contribution in [0.25, 0.3) is 0 Å². The van der Waals surface area contributed by atoms with Gasteiger partial charge in [0, 0.05) is 12.4 Å². The third-order valence-electron chi connectivity index (χ3n) is 2.60. The van der Waals surface area contributed by atoms with Crippen molar-refractivity contribution in [2.75, 3.05) is 7.05 Å². The van der Waals surface area contributed by atoms with Gasteiger partial charge in [0.05, 0.1) is 12.1 Å². The number of nitrogens with one attached hydrogen (secondary N) is 1. The van der Waals surface area contributed by atoms with Gasteiger partial charge in [-0.2, -0.15) is 0 Å². The Balaban J connectivity index is 0.000000184. The molecule has 0 bridgehead atoms. The Morgan fingerprint density at radius 2 is 2.11 bits per heavy atom. The smallest absolute Gasteiger partial charge is 0.126 e. The maximum Gasteiger partial charge on any atom is 0.126 e. The van der Waals surface area contributed by atoms with E-state index in [1.807, 2.05) is 25.4 Å². The molecule has 2 unspecified atom stereocenters. The van der Waals surface area contributed by atoms with Crippen LogP contribution >= 0.6 is 0 Å². The first-order chi connectivity index (χ1) is 8.69. The Morgan fingerprint density at radius 3 is 2.56 bits per heavy atom. The van der Waals surface area contributed by atoms with E-state index in [1.54, 1.807) is 25.3 Å². The molecule has 0 saturated heterocycles. The molecule has 1 aromatic rings. The van der Waals surface area contributed by atoms with Gasteiger partial charge < -0.3 is 5.32 Å². The van der Waals surface area contributed by atoms with Crippen molar-refractivity contribution in [3.05, 3.63) is 47.9 Å². The maximum absolute atomic E-state index is 12.3. The average molecular weight is 247 g/mol. The summed E-state index contributed by atoms with van der Waals surface area (Å²) in [5.41, 5.74) is 0.701. The van der Waals surface area contributed by atoms with Crippen molar-refractivity contribution in [2.45, 2.75) is 19.0 Å². The number of nitrogens with zero attached hydrogens (tertiary/aromatic N) is 2. The summed E-state index contributed by atoms with van der Waals surface area (Å²) in [6.07, 6.45) is 5.50. The number of hydrogen-bond donors (Lipinski definition) is 1. The molecule has 2 atom stereocenters. The van der Waals surface area contributed by atoms with Crippen molar-refractivity contribution in [1.82, 2.24) is 5.32 Å². The predicted molar refractivity (Wildman–Crippen MR) is 75.0 cm³/mol. The molecule has 96 valence electrons. The molecule has 1 aliphatic rings. The molecule has 0 radical (unpaired) electrons. The zero-order valence-corrected chi connectivity index (χ0v) is 10.7. The van der Waals surface area contributed by atoms with Crippen LogP contribution in [0.4, 0.5) is 4.39 Å². The molecular weight excluding hydrogens is 229 g/mol. The third kappa shape index (κ3) is 4.22. The molecular formula is C14H18FN3. The molecule has 2 rings (SSSR count). The van der Waals surface area contributed by atoms with Crippen molar-refractivity contribution < 1.29 is 4.39 Å². The van der Waals surface area contributed by atoms with E-state index in [4.69, 9.17) is 0 Å². The Labute approximate surface area is 107 Å². The number of benzene rings is 1. The highest BCUT2D eigenvalue weighted by Crippen LogP contribution is 2.03. The van der Waals surface area contributed by atoms with Gasteiger partial charge in [-0.25, -0.2) is 4.39 Å². The maximum atomic E-state index is 12.3. The summed E-state index contributed by atoms with van der Waals surface area (Å²) in [5.74, 6) is -0.132. The molecule has 1 heterocycles. The molecule has 1 aromatic carbocycles. The van der Waals surface area contributed by atoms with E-state index in [1.165, 1.54) is 6.07 Å². The number of likely N-dealkylation sites (N-methyl/N-ethyl adjacent to an activating group) is 1. The predicted octanol–water partition coefficient (Wildman–Crippen LogP) is 2.38. The van der Waals surface area contributed by atoms with E-state index in [-0.39, 0.29) is 17.9 Å². The van der Waals surface area contributed by atoms with Crippen molar-refractivity contribution in [2.24, 2.45) is 9.98 Å². The van der Waals surface area contributed by atoms with Crippen LogP contribution in [-0.4, -0.2) is 32.1 Å². The molecule has 18 heavy (non-hydrogen) atoms. The average Bonchev–Trinajstić information content (AvgIpc) is 2.42. The fraction of sp³-hybridized carbons (Fsp3) is 0.286. The lowest BCUT2D eigenvalue weighted by Crippen LogP contribution is -2.37. The number of rotatable bonds is 2. The zero-order valence-electron chi connectivity index (χ0n) is 10.7. The van der Waals surface area contributed by atoms with Crippen LogP contribution in [0.1, 0.15) is 5.56 Å². The Hall–Kier alpha value is -1.81. The summed E-state index contributed by atoms with van der Waals surface area (Å²) in [5, 5.41) is 3.07. The van der Waals surface area contributed by atoms with E-state index < -0.39 is 0 Å². The highest BCUT2D eigenvalue weighted by molar-refractivity contribution is 5.68. The van der Waals surface area contributed by atoms with Gasteiger partial charge in [-0.1, -0.05) is 18.2 Å². The van der Waals surface area contributed by atoms with Crippen molar-refractivity contribution >= 4 is 12.9 Å². The molecule has 0 amide bonds. The van der Waals surface area contributed by atoms with Crippen LogP contribution in [0.2, 0.25) is 0 Å². The third-order valence-corrected chi connectivity index (χ3v) is 2.60. The highest BCUT2D eigenvalue weighted by Gasteiger charge is 2.14. The Bertz CT molecular complexity index is 419. The van der Waals surface area contributed by atoms with Gasteiger partial charge in [0.2, 0.25) is 0 Å². The van der Waals surface area contributed by atoms with Crippen LogP contribution in [0, 0.1) is 12.7 Å². The normalized spacial score (nSPS) is 21.1. The van der Waals surface area contributed by atoms with Crippen LogP contribution in [0.5, 0.6) is 0 Å². The van der Waals surface area contributed by atoms with Gasteiger partial charge in [-0.15, -0.1) is 0 Å². The first kappa shape index (κ1) is 14.3. The molecule has 3 nitrogen and oxygen atoms in total. The van der Waals surface area contributed by atoms with Crippen LogP contribution in [-0.2, 0) is 0 Å². The fourth-order valence-electron chi connectivity index (χ4n) is 1.46. The lowest BCUT2D eigenvalue weighted by Gasteiger charge is -2.17. The molecule has 1 aliphatic heterocycles. The van der Waals surface area contributed by atoms with E-state index >= 15 is 0 Å². The second-order valence-electron chi connectivity index (χ2n) is 3.88. The quantitative estimate of drug-likeness (QED) is 0.800. The van der Waals surface area contributed by atoms with E-state index in [2.05, 4.69) is 22.0 Å². The minimum atomic E-state index is -0.132. The largest absolute Gasteiger partial charge is 0.310 e. The Kier molecular flexibility index (Phi) is 5.94. The summed E-state index contributed by atoms with van der Waals surface area (Å²) >= 11 is 0. The van der Waals surface area contributed by atoms with Crippen molar-refractivity contribution in [1.29, 1.82) is 0 Å². The number of hydrogen-bond acceptors (Lipinski definition) is 3. The van der Waals surface area contributed by atoms with Gasteiger partial charge >= 0.3 is 0 Å². The van der Waals surface area contributed by atoms with E-state index in [0.717, 1.165) is 0 Å². The summed E-state index contributed by atoms with van der Waals surface area (Å²) in [4.78, 5) is 7.88. The summed E-state index contributed by atoms with van der Waals surface area (Å²) in [7, 11) is 1.88. The van der Waals surface area contributed by atoms with Crippen LogP contribution in [0.15, 0.2) is 46.5 Å². The second-order valence-corrected chi connectivity index (χ2v) is 3.88. The van der Waals surface area contributed by atoms with Crippen LogP contribution in [0.3, 0.4) is 0 Å². The monoisotopic (exact) mass is 247 g/mol. The van der Waals surface area contributed by atoms with E-state index in [9.17, 15) is 4.39 Å². The second kappa shape index (κ2) is 7.50. The van der Waals surface area contributed by atoms with Crippen molar-refractivity contribution in [3.8, 4) is 0 Å². The lowest BCUT2D eigenvalue weighted by atomic mass is 10.1. The minimum absolute atomic E-state index is 0.132. The lowest BCUT2D eigenvalue weighted by molar-refractivity contribution is 0.618. The number of aryl methyl sites for hydroxylation is 1. The summed E-state index contributed by atoms with van der Waals surface area (Å²) < 4.78 is 12.3. The molecule has 0 aliphatic carbocycles. The van der Waals surface area contributed by atoms with Gasteiger partial charge in [0.1, 0.15) is 5.82 Å². The summed E-state index contributed by atoms with van der Waals surface area (Å²) in [6, 6.07) is 7.05. The standard InChI is InChI=1S/C7H7F.C7H11N3/c1-6-4-2-3-5-7(6)8;1-8-6-3-4-10-5-7(6)9-2/h2-5H,1H3;3-7,9H,1H2,2H3. The molecule has 1 N–H and O–H groups in total. The van der Waals surface area contributed by atoms with Gasteiger partial charge in [0.15, 0.2) is 0 Å². The first-order valence-electron chi connectivity index (χ1n) is 5.73. The molecule has 0 fully saturated rings. The van der Waals surface area contributed by atoms with E-state index in [0.29, 0.717) is 5.56 Å². The fourth-order valence-corrected chi connectivity index (χ4v) is 1.46. The van der Waals surface area contributed by atoms with Crippen molar-refractivity contribution in [3.63, 3.8) is 0 Å². The number of aliphatic imine (C=N–C) groups is 2. The van der Waals surface area contributed by atoms with Gasteiger partial charge in [-0.05, 0) is 38.4 Å². The minimum Gasteiger partial charge on any atom is -0.310 e. The summed E-state index contributed by atoms with van der Waals surface area (Å²) in [6.45, 7) is 5.22. The molecule has 4 heteroatoms. The first-order valence-corrected chi connectivity index (χ1v) is 5.73. The van der Waals surface area contributed by atoms with Crippen LogP contribution < -0.4 is 5.32 Å². The Morgan fingerprint density at radius 1 is 1.39 bits per heavy atom. The highest BCUT2D eigenvalue weighted by atomic mass is 19.1.